The third-order valence-electron chi connectivity index (χ3n) is 3.72. The van der Waals surface area contributed by atoms with Crippen LogP contribution in [0.15, 0.2) is 24.3 Å². The number of aliphatic carboxylic acids is 2. The number of hydrogen-bond acceptors (Lipinski definition) is 4. The van der Waals surface area contributed by atoms with Crippen LogP contribution in [0.2, 0.25) is 0 Å². The van der Waals surface area contributed by atoms with E-state index in [9.17, 15) is 0 Å². The normalized spacial score (nSPS) is 13.5. The van der Waals surface area contributed by atoms with E-state index in [4.69, 9.17) is 25.5 Å². The molecule has 0 unspecified atom stereocenters. The number of anilines is 1. The summed E-state index contributed by atoms with van der Waals surface area (Å²) in [6.45, 7) is 0. The van der Waals surface area contributed by atoms with Crippen LogP contribution in [0.4, 0.5) is 5.69 Å². The second-order valence-electron chi connectivity index (χ2n) is 5.19. The minimum absolute atomic E-state index is 0.992. The first kappa shape index (κ1) is 15.8. The molecule has 0 fully saturated rings. The molecule has 0 spiro atoms. The van der Waals surface area contributed by atoms with Gasteiger partial charge in [0.15, 0.2) is 11.7 Å². The number of H-pyrrole nitrogens is 1. The lowest BCUT2D eigenvalue weighted by Crippen LogP contribution is -2.30. The number of aromatic nitrogens is 1. The molecule has 1 aliphatic carbocycles. The second-order valence-corrected chi connectivity index (χ2v) is 5.19. The fraction of sp³-hybridized carbons (Fsp3) is 0.312. The average molecular weight is 302 g/mol. The van der Waals surface area contributed by atoms with Gasteiger partial charge in [0, 0.05) is 18.1 Å². The molecule has 0 aliphatic heterocycles. The van der Waals surface area contributed by atoms with Crippen molar-refractivity contribution in [2.24, 2.45) is 0 Å². The Bertz CT molecular complexity index is 701. The number of carbonyl (C=O) groups excluding carboxylic acids is 1. The maximum absolute atomic E-state index is 9.04. The minimum Gasteiger partial charge on any atom is -0.539 e. The van der Waals surface area contributed by atoms with Crippen molar-refractivity contribution in [3.05, 3.63) is 35.5 Å². The van der Waals surface area contributed by atoms with Gasteiger partial charge in [0.05, 0.1) is 11.1 Å². The van der Waals surface area contributed by atoms with Gasteiger partial charge in [-0.1, -0.05) is 18.6 Å². The molecule has 0 bridgehead atoms. The van der Waals surface area contributed by atoms with E-state index in [1.165, 1.54) is 41.4 Å². The third-order valence-corrected chi connectivity index (χ3v) is 3.72. The number of carboxylic acids is 2. The molecule has 1 aliphatic rings. The number of nitrogen functional groups attached to an aromatic ring is 1. The zero-order valence-corrected chi connectivity index (χ0v) is 12.1. The van der Waals surface area contributed by atoms with Crippen molar-refractivity contribution in [2.75, 3.05) is 5.73 Å². The molecule has 1 heterocycles. The zero-order chi connectivity index (χ0) is 16.1. The van der Waals surface area contributed by atoms with Gasteiger partial charge in [0.1, 0.15) is 0 Å². The van der Waals surface area contributed by atoms with Crippen LogP contribution in [0.5, 0.6) is 0 Å². The number of benzene rings is 1. The van der Waals surface area contributed by atoms with E-state index in [1.807, 2.05) is 0 Å². The van der Waals surface area contributed by atoms with Crippen LogP contribution < -0.4 is 15.8 Å². The molecule has 0 saturated heterocycles. The van der Waals surface area contributed by atoms with E-state index in [-0.39, 0.29) is 0 Å². The first-order valence-electron chi connectivity index (χ1n) is 7.16. The lowest BCUT2D eigenvalue weighted by atomic mass is 10.0. The molecule has 0 amide bonds. The highest BCUT2D eigenvalue weighted by atomic mass is 16.4. The molecular formula is C16H18N2O4. The topological polar surface area (TPSA) is 118 Å². The number of fused-ring (bicyclic) bond motifs is 2. The molecule has 22 heavy (non-hydrogen) atoms. The third kappa shape index (κ3) is 3.52. The van der Waals surface area contributed by atoms with Gasteiger partial charge in [-0.2, -0.15) is 0 Å². The summed E-state index contributed by atoms with van der Waals surface area (Å²) in [6.07, 6.45) is 6.13. The lowest BCUT2D eigenvalue weighted by Gasteiger charge is -2.06. The van der Waals surface area contributed by atoms with E-state index >= 15 is 0 Å². The van der Waals surface area contributed by atoms with Crippen molar-refractivity contribution in [2.45, 2.75) is 32.1 Å². The Hall–Kier alpha value is -2.63. The Morgan fingerprint density at radius 3 is 2.45 bits per heavy atom. The van der Waals surface area contributed by atoms with Gasteiger partial charge >= 0.3 is 5.97 Å². The average Bonchev–Trinajstić information content (AvgIpc) is 2.73. The molecule has 0 radical (unpaired) electrons. The summed E-state index contributed by atoms with van der Waals surface area (Å²) >= 11 is 0. The molecule has 0 atom stereocenters. The summed E-state index contributed by atoms with van der Waals surface area (Å²) in [7, 11) is 0. The zero-order valence-electron chi connectivity index (χ0n) is 12.1. The first-order valence-corrected chi connectivity index (χ1v) is 7.16. The Kier molecular flexibility index (Phi) is 4.93. The van der Waals surface area contributed by atoms with Crippen LogP contribution in [0.1, 0.15) is 30.5 Å². The van der Waals surface area contributed by atoms with Crippen LogP contribution in [0.3, 0.4) is 0 Å². The molecule has 0 saturated carbocycles. The van der Waals surface area contributed by atoms with E-state index in [0.29, 0.717) is 0 Å². The predicted molar refractivity (Wildman–Crippen MR) is 78.8 cm³/mol. The van der Waals surface area contributed by atoms with Crippen LogP contribution in [-0.2, 0) is 22.4 Å². The van der Waals surface area contributed by atoms with Crippen molar-refractivity contribution in [3.63, 3.8) is 0 Å². The molecule has 6 heteroatoms. The summed E-state index contributed by atoms with van der Waals surface area (Å²) in [5.41, 5.74) is 11.2. The molecule has 1 aromatic carbocycles. The number of nitrogens with one attached hydrogen (secondary N) is 1. The van der Waals surface area contributed by atoms with Crippen molar-refractivity contribution < 1.29 is 24.8 Å². The Balaban J connectivity index is 0.000000254. The SMILES string of the molecule is Nc1c2c([nH+]c3ccccc13)CCCCC2.O=C([O-])C(=O)O. The van der Waals surface area contributed by atoms with Crippen molar-refractivity contribution in [1.82, 2.24) is 0 Å². The van der Waals surface area contributed by atoms with Gasteiger partial charge in [-0.05, 0) is 25.3 Å². The van der Waals surface area contributed by atoms with Gasteiger partial charge in [0.25, 0.3) is 0 Å². The van der Waals surface area contributed by atoms with Crippen LogP contribution >= 0.6 is 0 Å². The second kappa shape index (κ2) is 6.89. The summed E-state index contributed by atoms with van der Waals surface area (Å²) < 4.78 is 0. The van der Waals surface area contributed by atoms with E-state index < -0.39 is 11.9 Å². The number of hydrogen-bond donors (Lipinski definition) is 2. The highest BCUT2D eigenvalue weighted by molar-refractivity contribution is 6.26. The van der Waals surface area contributed by atoms with Crippen LogP contribution in [-0.4, -0.2) is 17.0 Å². The minimum atomic E-state index is -2.07. The lowest BCUT2D eigenvalue weighted by molar-refractivity contribution is -0.358. The highest BCUT2D eigenvalue weighted by Gasteiger charge is 2.19. The molecular weight excluding hydrogens is 284 g/mol. The quantitative estimate of drug-likeness (QED) is 0.537. The molecule has 4 N–H and O–H groups in total. The van der Waals surface area contributed by atoms with Crippen molar-refractivity contribution >= 4 is 28.5 Å². The summed E-state index contributed by atoms with van der Waals surface area (Å²) in [5, 5.41) is 17.5. The van der Waals surface area contributed by atoms with E-state index in [2.05, 4.69) is 29.2 Å². The number of carbonyl (C=O) groups is 2. The number of nitrogens with two attached hydrogens (primary N) is 1. The number of pyridine rings is 1. The number of para-hydroxylation sites is 1. The summed E-state index contributed by atoms with van der Waals surface area (Å²) in [4.78, 5) is 21.6. The van der Waals surface area contributed by atoms with Gasteiger partial charge in [-0.25, -0.2) is 9.78 Å². The van der Waals surface area contributed by atoms with Crippen LogP contribution in [0.25, 0.3) is 10.9 Å². The van der Waals surface area contributed by atoms with Crippen molar-refractivity contribution in [1.29, 1.82) is 0 Å². The Labute approximate surface area is 127 Å². The maximum Gasteiger partial charge on any atom is 0.351 e. The molecule has 6 nitrogen and oxygen atoms in total. The van der Waals surface area contributed by atoms with Gasteiger partial charge in [-0.15, -0.1) is 0 Å². The Morgan fingerprint density at radius 2 is 1.77 bits per heavy atom. The number of carboxylic acid groups (broad SMARTS) is 2. The van der Waals surface area contributed by atoms with Gasteiger partial charge in [0.2, 0.25) is 5.52 Å². The van der Waals surface area contributed by atoms with Crippen LogP contribution in [0, 0.1) is 0 Å². The molecule has 1 aromatic heterocycles. The Morgan fingerprint density at radius 1 is 1.14 bits per heavy atom. The summed E-state index contributed by atoms with van der Waals surface area (Å²) in [6, 6.07) is 8.32. The number of rotatable bonds is 0. The monoisotopic (exact) mass is 302 g/mol. The number of aryl methyl sites for hydroxylation is 1. The van der Waals surface area contributed by atoms with E-state index in [1.54, 1.807) is 0 Å². The summed E-state index contributed by atoms with van der Waals surface area (Å²) in [5.74, 6) is -4.01. The van der Waals surface area contributed by atoms with Gasteiger partial charge in [-0.3, -0.25) is 0 Å². The fourth-order valence-electron chi connectivity index (χ4n) is 2.67. The first-order chi connectivity index (χ1) is 10.5. The standard InChI is InChI=1S/C14H16N2.C2H2O4/c15-14-10-6-2-1-3-8-12(10)16-13-9-5-4-7-11(13)14;3-1(4)2(5)6/h4-5,7,9H,1-3,6,8H2,(H2,15,16);(H,3,4)(H,5,6). The predicted octanol–water partition coefficient (Wildman–Crippen LogP) is 0.326. The largest absolute Gasteiger partial charge is 0.539 e. The smallest absolute Gasteiger partial charge is 0.351 e. The maximum atomic E-state index is 9.04. The highest BCUT2D eigenvalue weighted by Crippen LogP contribution is 2.27. The fourth-order valence-corrected chi connectivity index (χ4v) is 2.67. The van der Waals surface area contributed by atoms with Gasteiger partial charge < -0.3 is 20.7 Å². The van der Waals surface area contributed by atoms with E-state index in [0.717, 1.165) is 18.5 Å². The molecule has 116 valence electrons. The number of aromatic amines is 1. The van der Waals surface area contributed by atoms with Crippen molar-refractivity contribution in [3.8, 4) is 0 Å². The molecule has 2 aromatic rings. The molecule has 3 rings (SSSR count).